The van der Waals surface area contributed by atoms with Crippen LogP contribution in [0.1, 0.15) is 84.5 Å². The van der Waals surface area contributed by atoms with Crippen molar-refractivity contribution in [3.63, 3.8) is 0 Å². The molecule has 0 aliphatic heterocycles. The monoisotopic (exact) mass is 277 g/mol. The molecule has 116 valence electrons. The lowest BCUT2D eigenvalue weighted by Crippen LogP contribution is -2.28. The van der Waals surface area contributed by atoms with Gasteiger partial charge in [-0.25, -0.2) is 0 Å². The fraction of sp³-hybridized carbons (Fsp3) is 0.895. The van der Waals surface area contributed by atoms with Crippen molar-refractivity contribution in [3.05, 3.63) is 11.6 Å². The van der Waals surface area contributed by atoms with Crippen LogP contribution >= 0.6 is 0 Å². The highest BCUT2D eigenvalue weighted by atomic mass is 14.9. The van der Waals surface area contributed by atoms with Crippen molar-refractivity contribution < 1.29 is 0 Å². The second kappa shape index (κ2) is 8.87. The molecule has 1 heteroatoms. The van der Waals surface area contributed by atoms with Gasteiger partial charge in [-0.2, -0.15) is 0 Å². The van der Waals surface area contributed by atoms with Crippen molar-refractivity contribution in [1.29, 1.82) is 0 Å². The van der Waals surface area contributed by atoms with Crippen LogP contribution in [0, 0.1) is 11.8 Å². The van der Waals surface area contributed by atoms with E-state index in [-0.39, 0.29) is 0 Å². The molecule has 2 aliphatic carbocycles. The number of hydrogen-bond acceptors (Lipinski definition) is 1. The van der Waals surface area contributed by atoms with Gasteiger partial charge in [0.1, 0.15) is 0 Å². The standard InChI is InChI=1S/C19H35N/c1-16(2)20-15-19(18-12-8-5-9-13-18)14-17-10-6-3-4-7-11-17/h14,16-18,20H,3-13,15H2,1-2H3. The van der Waals surface area contributed by atoms with E-state index in [0.717, 1.165) is 18.4 Å². The Balaban J connectivity index is 1.98. The summed E-state index contributed by atoms with van der Waals surface area (Å²) in [5.74, 6) is 1.77. The molecule has 0 unspecified atom stereocenters. The second-order valence-electron chi connectivity index (χ2n) is 7.36. The van der Waals surface area contributed by atoms with E-state index in [2.05, 4.69) is 25.2 Å². The molecular formula is C19H35N. The van der Waals surface area contributed by atoms with E-state index in [1.165, 1.54) is 70.6 Å². The average Bonchev–Trinajstić information content (AvgIpc) is 2.72. The first kappa shape index (κ1) is 16.1. The third-order valence-corrected chi connectivity index (χ3v) is 5.19. The molecule has 0 amide bonds. The largest absolute Gasteiger partial charge is 0.311 e. The molecule has 1 N–H and O–H groups in total. The Bertz CT molecular complexity index is 278. The van der Waals surface area contributed by atoms with Gasteiger partial charge in [-0.15, -0.1) is 0 Å². The van der Waals surface area contributed by atoms with Gasteiger partial charge >= 0.3 is 0 Å². The van der Waals surface area contributed by atoms with Crippen LogP contribution in [0.25, 0.3) is 0 Å². The Morgan fingerprint density at radius 1 is 0.900 bits per heavy atom. The third kappa shape index (κ3) is 5.60. The maximum absolute atomic E-state index is 3.68. The molecule has 2 fully saturated rings. The molecule has 0 spiro atoms. The van der Waals surface area contributed by atoms with Gasteiger partial charge in [-0.3, -0.25) is 0 Å². The van der Waals surface area contributed by atoms with Gasteiger partial charge in [0, 0.05) is 12.6 Å². The molecule has 0 atom stereocenters. The van der Waals surface area contributed by atoms with E-state index in [1.54, 1.807) is 5.57 Å². The molecule has 20 heavy (non-hydrogen) atoms. The average molecular weight is 277 g/mol. The highest BCUT2D eigenvalue weighted by Crippen LogP contribution is 2.32. The maximum atomic E-state index is 3.68. The third-order valence-electron chi connectivity index (χ3n) is 5.19. The van der Waals surface area contributed by atoms with Crippen molar-refractivity contribution in [2.75, 3.05) is 6.54 Å². The minimum absolute atomic E-state index is 0.608. The lowest BCUT2D eigenvalue weighted by Gasteiger charge is -2.27. The van der Waals surface area contributed by atoms with Gasteiger partial charge in [-0.1, -0.05) is 70.4 Å². The predicted molar refractivity (Wildman–Crippen MR) is 89.0 cm³/mol. The van der Waals surface area contributed by atoms with Crippen LogP contribution in [-0.4, -0.2) is 12.6 Å². The van der Waals surface area contributed by atoms with Crippen molar-refractivity contribution >= 4 is 0 Å². The van der Waals surface area contributed by atoms with Crippen molar-refractivity contribution in [2.45, 2.75) is 90.5 Å². The van der Waals surface area contributed by atoms with Crippen LogP contribution in [0.2, 0.25) is 0 Å². The molecule has 0 aromatic carbocycles. The Hall–Kier alpha value is -0.300. The van der Waals surface area contributed by atoms with Crippen LogP contribution in [0.3, 0.4) is 0 Å². The minimum Gasteiger partial charge on any atom is -0.311 e. The van der Waals surface area contributed by atoms with E-state index >= 15 is 0 Å². The molecule has 2 saturated carbocycles. The van der Waals surface area contributed by atoms with Gasteiger partial charge < -0.3 is 5.32 Å². The zero-order valence-corrected chi connectivity index (χ0v) is 13.8. The topological polar surface area (TPSA) is 12.0 Å². The molecule has 0 aromatic rings. The zero-order valence-electron chi connectivity index (χ0n) is 13.8. The first-order chi connectivity index (χ1) is 9.75. The van der Waals surface area contributed by atoms with Gasteiger partial charge in [-0.05, 0) is 37.5 Å². The number of nitrogens with one attached hydrogen (secondary N) is 1. The number of rotatable bonds is 5. The van der Waals surface area contributed by atoms with E-state index in [4.69, 9.17) is 0 Å². The van der Waals surface area contributed by atoms with Gasteiger partial charge in [0.2, 0.25) is 0 Å². The number of allylic oxidation sites excluding steroid dienone is 1. The fourth-order valence-electron chi connectivity index (χ4n) is 3.92. The first-order valence-electron chi connectivity index (χ1n) is 9.19. The first-order valence-corrected chi connectivity index (χ1v) is 9.19. The van der Waals surface area contributed by atoms with Gasteiger partial charge in [0.05, 0.1) is 0 Å². The van der Waals surface area contributed by atoms with Crippen molar-refractivity contribution in [3.8, 4) is 0 Å². The molecule has 0 bridgehead atoms. The van der Waals surface area contributed by atoms with Crippen LogP contribution in [-0.2, 0) is 0 Å². The Morgan fingerprint density at radius 3 is 2.05 bits per heavy atom. The van der Waals surface area contributed by atoms with E-state index in [9.17, 15) is 0 Å². The second-order valence-corrected chi connectivity index (χ2v) is 7.36. The smallest absolute Gasteiger partial charge is 0.0169 e. The molecule has 0 radical (unpaired) electrons. The summed E-state index contributed by atoms with van der Waals surface area (Å²) >= 11 is 0. The van der Waals surface area contributed by atoms with Gasteiger partial charge in [0.15, 0.2) is 0 Å². The molecular weight excluding hydrogens is 242 g/mol. The summed E-state index contributed by atoms with van der Waals surface area (Å²) in [5, 5.41) is 3.68. The summed E-state index contributed by atoms with van der Waals surface area (Å²) < 4.78 is 0. The van der Waals surface area contributed by atoms with Crippen molar-refractivity contribution in [1.82, 2.24) is 5.32 Å². The van der Waals surface area contributed by atoms with Crippen LogP contribution < -0.4 is 5.32 Å². The predicted octanol–water partition coefficient (Wildman–Crippen LogP) is 5.46. The van der Waals surface area contributed by atoms with Gasteiger partial charge in [0.25, 0.3) is 0 Å². The Labute approximate surface area is 126 Å². The quantitative estimate of drug-likeness (QED) is 0.519. The minimum atomic E-state index is 0.608. The lowest BCUT2D eigenvalue weighted by molar-refractivity contribution is 0.387. The van der Waals surface area contributed by atoms with Crippen LogP contribution in [0.15, 0.2) is 11.6 Å². The Kier molecular flexibility index (Phi) is 7.13. The van der Waals surface area contributed by atoms with E-state index in [0.29, 0.717) is 6.04 Å². The molecule has 2 rings (SSSR count). The molecule has 0 saturated heterocycles. The summed E-state index contributed by atoms with van der Waals surface area (Å²) in [6.45, 7) is 5.67. The summed E-state index contributed by atoms with van der Waals surface area (Å²) in [6, 6.07) is 0.608. The Morgan fingerprint density at radius 2 is 1.45 bits per heavy atom. The highest BCUT2D eigenvalue weighted by Gasteiger charge is 2.20. The van der Waals surface area contributed by atoms with Crippen LogP contribution in [0.4, 0.5) is 0 Å². The fourth-order valence-corrected chi connectivity index (χ4v) is 3.92. The number of hydrogen-bond donors (Lipinski definition) is 1. The summed E-state index contributed by atoms with van der Waals surface area (Å²) in [5.41, 5.74) is 1.75. The lowest BCUT2D eigenvalue weighted by atomic mass is 9.81. The van der Waals surface area contributed by atoms with Crippen molar-refractivity contribution in [2.24, 2.45) is 11.8 Å². The maximum Gasteiger partial charge on any atom is 0.0169 e. The molecule has 0 heterocycles. The summed E-state index contributed by atoms with van der Waals surface area (Å²) in [4.78, 5) is 0. The molecule has 2 aliphatic rings. The molecule has 0 aromatic heterocycles. The van der Waals surface area contributed by atoms with E-state index in [1.807, 2.05) is 0 Å². The summed E-state index contributed by atoms with van der Waals surface area (Å²) in [7, 11) is 0. The zero-order chi connectivity index (χ0) is 14.2. The molecule has 1 nitrogen and oxygen atoms in total. The summed E-state index contributed by atoms with van der Waals surface area (Å²) in [6.07, 6.45) is 18.7. The van der Waals surface area contributed by atoms with Crippen LogP contribution in [0.5, 0.6) is 0 Å². The van der Waals surface area contributed by atoms with E-state index < -0.39 is 0 Å². The normalized spacial score (nSPS) is 24.1. The SMILES string of the molecule is CC(C)NCC(=CC1CCCCCC1)C1CCCCC1. The highest BCUT2D eigenvalue weighted by molar-refractivity contribution is 5.12.